The van der Waals surface area contributed by atoms with E-state index in [9.17, 15) is 0 Å². The largest absolute Gasteiger partial charge is 0.456 e. The van der Waals surface area contributed by atoms with Crippen molar-refractivity contribution in [3.63, 3.8) is 0 Å². The molecule has 0 radical (unpaired) electrons. The standard InChI is InChI=1S/C63H33N3O2S3/c1-4-16-53-40(9-1)43-24-19-35(31-56(43)69-53)34-20-27-46-52(30-34)68-50-14-7-12-39(59(46)50)36-23-28-49-48(29-36)60-47(13-8-15-51(60)67-49)63-65-61(37-21-25-44-41-10-2-5-17-54(41)70-57(44)32-37)64-62(66-63)38-22-26-45-42-11-3-6-18-55(42)71-58(45)33-38/h1-33H. The van der Waals surface area contributed by atoms with Gasteiger partial charge in [0.25, 0.3) is 0 Å². The Morgan fingerprint density at radius 1 is 0.254 bits per heavy atom. The average molecular weight is 960 g/mol. The van der Waals surface area contributed by atoms with Crippen molar-refractivity contribution in [1.82, 2.24) is 15.0 Å². The first kappa shape index (κ1) is 39.3. The number of nitrogens with zero attached hydrogens (tertiary/aromatic N) is 3. The Morgan fingerprint density at radius 2 is 0.690 bits per heavy atom. The molecular formula is C63H33N3O2S3. The second-order valence-corrected chi connectivity index (χ2v) is 21.5. The number of rotatable bonds is 5. The number of furan rings is 2. The third-order valence-electron chi connectivity index (χ3n) is 14.2. The van der Waals surface area contributed by atoms with Gasteiger partial charge in [-0.2, -0.15) is 0 Å². The Hall–Kier alpha value is -8.53. The maximum Gasteiger partial charge on any atom is 0.164 e. The molecule has 10 aromatic carbocycles. The van der Waals surface area contributed by atoms with Crippen molar-refractivity contribution >= 4 is 138 Å². The van der Waals surface area contributed by atoms with E-state index in [-0.39, 0.29) is 0 Å². The first-order valence-electron chi connectivity index (χ1n) is 23.5. The first-order chi connectivity index (χ1) is 35.1. The second kappa shape index (κ2) is 15.0. The lowest BCUT2D eigenvalue weighted by Gasteiger charge is -2.10. The molecule has 0 bridgehead atoms. The van der Waals surface area contributed by atoms with Crippen LogP contribution in [-0.4, -0.2) is 15.0 Å². The highest BCUT2D eigenvalue weighted by atomic mass is 32.1. The fraction of sp³-hybridized carbons (Fsp3) is 0. The summed E-state index contributed by atoms with van der Waals surface area (Å²) in [5.74, 6) is 1.82. The number of fused-ring (bicyclic) bond motifs is 15. The molecule has 16 rings (SSSR count). The summed E-state index contributed by atoms with van der Waals surface area (Å²) in [5.41, 5.74) is 10.5. The fourth-order valence-electron chi connectivity index (χ4n) is 10.8. The van der Waals surface area contributed by atoms with Crippen molar-refractivity contribution < 1.29 is 8.83 Å². The number of aromatic nitrogens is 3. The maximum atomic E-state index is 6.67. The summed E-state index contributed by atoms with van der Waals surface area (Å²) in [4.78, 5) is 15.9. The lowest BCUT2D eigenvalue weighted by molar-refractivity contribution is 0.669. The molecule has 0 aliphatic rings. The Bertz CT molecular complexity index is 4780. The predicted octanol–water partition coefficient (Wildman–Crippen LogP) is 19.1. The molecule has 330 valence electrons. The van der Waals surface area contributed by atoms with E-state index in [0.29, 0.717) is 17.5 Å². The SMILES string of the molecule is c1cc(-c2ccc3oc4cccc(-c5nc(-c6ccc7c(c6)sc6ccccc67)nc(-c6ccc7c(c6)sc6ccccc67)n5)c4c3c2)c2c(c1)oc1cc(-c3ccc4c(c3)sc3ccccc34)ccc12. The molecule has 0 unspecified atom stereocenters. The molecule has 6 heterocycles. The Labute approximate surface area is 416 Å². The van der Waals surface area contributed by atoms with Crippen LogP contribution >= 0.6 is 34.0 Å². The first-order valence-corrected chi connectivity index (χ1v) is 26.0. The van der Waals surface area contributed by atoms with E-state index in [1.54, 1.807) is 22.7 Å². The summed E-state index contributed by atoms with van der Waals surface area (Å²) in [7, 11) is 0. The van der Waals surface area contributed by atoms with Crippen LogP contribution in [0.25, 0.3) is 161 Å². The fourth-order valence-corrected chi connectivity index (χ4v) is 14.3. The number of benzene rings is 10. The van der Waals surface area contributed by atoms with E-state index in [0.717, 1.165) is 77.3 Å². The van der Waals surface area contributed by atoms with Crippen LogP contribution in [0.1, 0.15) is 0 Å². The average Bonchev–Trinajstić information content (AvgIpc) is 4.25. The lowest BCUT2D eigenvalue weighted by atomic mass is 9.96. The molecule has 0 saturated carbocycles. The summed E-state index contributed by atoms with van der Waals surface area (Å²) in [5, 5.41) is 11.7. The van der Waals surface area contributed by atoms with Gasteiger partial charge in [0.1, 0.15) is 22.3 Å². The van der Waals surface area contributed by atoms with E-state index in [4.69, 9.17) is 23.8 Å². The van der Waals surface area contributed by atoms with Gasteiger partial charge in [0.15, 0.2) is 17.5 Å². The molecule has 16 aromatic rings. The Kier molecular flexibility index (Phi) is 8.30. The minimum Gasteiger partial charge on any atom is -0.456 e. The summed E-state index contributed by atoms with van der Waals surface area (Å²) in [6, 6.07) is 71.4. The molecule has 0 fully saturated rings. The molecule has 5 nitrogen and oxygen atoms in total. The predicted molar refractivity (Wildman–Crippen MR) is 300 cm³/mol. The second-order valence-electron chi connectivity index (χ2n) is 18.2. The van der Waals surface area contributed by atoms with E-state index in [1.165, 1.54) is 66.1 Å². The minimum atomic E-state index is 0.585. The van der Waals surface area contributed by atoms with E-state index in [2.05, 4.69) is 188 Å². The molecule has 8 heteroatoms. The smallest absolute Gasteiger partial charge is 0.164 e. The minimum absolute atomic E-state index is 0.585. The van der Waals surface area contributed by atoms with Gasteiger partial charge in [-0.1, -0.05) is 127 Å². The highest BCUT2D eigenvalue weighted by Crippen LogP contribution is 2.44. The van der Waals surface area contributed by atoms with Gasteiger partial charge in [-0.05, 0) is 95.1 Å². The van der Waals surface area contributed by atoms with E-state index < -0.39 is 0 Å². The number of hydrogen-bond donors (Lipinski definition) is 0. The molecule has 0 spiro atoms. The highest BCUT2D eigenvalue weighted by molar-refractivity contribution is 7.26. The van der Waals surface area contributed by atoms with Crippen molar-refractivity contribution in [2.75, 3.05) is 0 Å². The van der Waals surface area contributed by atoms with Crippen LogP contribution in [0, 0.1) is 0 Å². The van der Waals surface area contributed by atoms with Gasteiger partial charge in [0.05, 0.1) is 0 Å². The van der Waals surface area contributed by atoms with Crippen LogP contribution in [-0.2, 0) is 0 Å². The third-order valence-corrected chi connectivity index (χ3v) is 17.6. The molecule has 0 aliphatic carbocycles. The number of hydrogen-bond acceptors (Lipinski definition) is 8. The molecule has 6 aromatic heterocycles. The van der Waals surface area contributed by atoms with Gasteiger partial charge in [-0.3, -0.25) is 0 Å². The topological polar surface area (TPSA) is 65.0 Å². The zero-order valence-corrected chi connectivity index (χ0v) is 39.9. The Morgan fingerprint density at radius 3 is 1.28 bits per heavy atom. The van der Waals surface area contributed by atoms with Crippen molar-refractivity contribution in [3.05, 3.63) is 200 Å². The van der Waals surface area contributed by atoms with Crippen LogP contribution in [0.3, 0.4) is 0 Å². The normalized spacial score (nSPS) is 12.2. The van der Waals surface area contributed by atoms with Crippen molar-refractivity contribution in [3.8, 4) is 56.4 Å². The Balaban J connectivity index is 0.848. The van der Waals surface area contributed by atoms with Gasteiger partial charge in [0.2, 0.25) is 0 Å². The van der Waals surface area contributed by atoms with Crippen LogP contribution in [0.2, 0.25) is 0 Å². The van der Waals surface area contributed by atoms with Crippen LogP contribution < -0.4 is 0 Å². The molecule has 0 amide bonds. The summed E-state index contributed by atoms with van der Waals surface area (Å²) in [6.45, 7) is 0. The molecule has 0 aliphatic heterocycles. The van der Waals surface area contributed by atoms with Gasteiger partial charge in [-0.25, -0.2) is 15.0 Å². The van der Waals surface area contributed by atoms with E-state index >= 15 is 0 Å². The molecule has 0 saturated heterocycles. The molecule has 0 atom stereocenters. The zero-order chi connectivity index (χ0) is 46.3. The van der Waals surface area contributed by atoms with Gasteiger partial charge in [-0.15, -0.1) is 34.0 Å². The van der Waals surface area contributed by atoms with Crippen LogP contribution in [0.5, 0.6) is 0 Å². The highest BCUT2D eigenvalue weighted by Gasteiger charge is 2.21. The zero-order valence-electron chi connectivity index (χ0n) is 37.4. The maximum absolute atomic E-state index is 6.67. The van der Waals surface area contributed by atoms with Gasteiger partial charge in [0, 0.05) is 98.8 Å². The van der Waals surface area contributed by atoms with E-state index in [1.807, 2.05) is 23.5 Å². The molecule has 0 N–H and O–H groups in total. The molecular weight excluding hydrogens is 927 g/mol. The summed E-state index contributed by atoms with van der Waals surface area (Å²) in [6.07, 6.45) is 0. The molecule has 71 heavy (non-hydrogen) atoms. The summed E-state index contributed by atoms with van der Waals surface area (Å²) < 4.78 is 20.8. The van der Waals surface area contributed by atoms with Gasteiger partial charge < -0.3 is 8.83 Å². The lowest BCUT2D eigenvalue weighted by Crippen LogP contribution is -2.00. The van der Waals surface area contributed by atoms with Crippen LogP contribution in [0.4, 0.5) is 0 Å². The summed E-state index contributed by atoms with van der Waals surface area (Å²) >= 11 is 5.43. The third kappa shape index (κ3) is 6.06. The van der Waals surface area contributed by atoms with Crippen molar-refractivity contribution in [2.45, 2.75) is 0 Å². The monoisotopic (exact) mass is 959 g/mol. The van der Waals surface area contributed by atoms with Crippen molar-refractivity contribution in [2.24, 2.45) is 0 Å². The number of thiophene rings is 3. The van der Waals surface area contributed by atoms with Gasteiger partial charge >= 0.3 is 0 Å². The van der Waals surface area contributed by atoms with Crippen molar-refractivity contribution in [1.29, 1.82) is 0 Å². The van der Waals surface area contributed by atoms with Crippen LogP contribution in [0.15, 0.2) is 209 Å². The quantitative estimate of drug-likeness (QED) is 0.172.